The molecule has 0 saturated carbocycles. The fraction of sp³-hybridized carbons (Fsp3) is 0.538. The molecule has 0 fully saturated rings. The van der Waals surface area contributed by atoms with Gasteiger partial charge in [0.25, 0.3) is 0 Å². The molecule has 0 aromatic heterocycles. The van der Waals surface area contributed by atoms with Crippen molar-refractivity contribution in [3.05, 3.63) is 35.6 Å². The van der Waals surface area contributed by atoms with Crippen LogP contribution in [-0.4, -0.2) is 28.3 Å². The third kappa shape index (κ3) is 5.41. The standard InChI is InChI=1S/C13H20FNOS/c1-10(15-9-11(2)17(3)16)8-12-4-6-13(14)7-5-12/h4-7,10-11,15H,8-9H2,1-3H3. The summed E-state index contributed by atoms with van der Waals surface area (Å²) in [6, 6.07) is 6.85. The number of hydrogen-bond donors (Lipinski definition) is 1. The van der Waals surface area contributed by atoms with Crippen molar-refractivity contribution in [2.24, 2.45) is 0 Å². The summed E-state index contributed by atoms with van der Waals surface area (Å²) in [5.41, 5.74) is 1.11. The van der Waals surface area contributed by atoms with Crippen LogP contribution < -0.4 is 5.32 Å². The van der Waals surface area contributed by atoms with Crippen molar-refractivity contribution in [1.29, 1.82) is 0 Å². The van der Waals surface area contributed by atoms with Gasteiger partial charge in [-0.3, -0.25) is 4.21 Å². The third-order valence-electron chi connectivity index (χ3n) is 2.78. The van der Waals surface area contributed by atoms with E-state index in [1.54, 1.807) is 18.4 Å². The second-order valence-corrected chi connectivity index (χ2v) is 6.25. The van der Waals surface area contributed by atoms with Crippen LogP contribution in [0.4, 0.5) is 4.39 Å². The number of benzene rings is 1. The highest BCUT2D eigenvalue weighted by molar-refractivity contribution is 7.84. The Bertz CT molecular complexity index is 366. The van der Waals surface area contributed by atoms with Crippen molar-refractivity contribution in [3.63, 3.8) is 0 Å². The SMILES string of the molecule is CC(Cc1ccc(F)cc1)NCC(C)S(C)=O. The molecule has 3 atom stereocenters. The van der Waals surface area contributed by atoms with Gasteiger partial charge in [-0.25, -0.2) is 4.39 Å². The molecule has 2 nitrogen and oxygen atoms in total. The highest BCUT2D eigenvalue weighted by Gasteiger charge is 2.08. The average molecular weight is 257 g/mol. The van der Waals surface area contributed by atoms with Gasteiger partial charge < -0.3 is 5.32 Å². The normalized spacial score (nSPS) is 16.5. The topological polar surface area (TPSA) is 29.1 Å². The fourth-order valence-corrected chi connectivity index (χ4v) is 1.86. The van der Waals surface area contributed by atoms with E-state index < -0.39 is 10.8 Å². The Balaban J connectivity index is 2.36. The molecule has 0 amide bonds. The molecule has 0 aliphatic rings. The maximum Gasteiger partial charge on any atom is 0.123 e. The van der Waals surface area contributed by atoms with Gasteiger partial charge in [0.2, 0.25) is 0 Å². The van der Waals surface area contributed by atoms with Crippen LogP contribution in [0, 0.1) is 5.82 Å². The summed E-state index contributed by atoms with van der Waals surface area (Å²) in [7, 11) is -0.788. The first-order valence-corrected chi connectivity index (χ1v) is 7.41. The van der Waals surface area contributed by atoms with Gasteiger partial charge in [0.15, 0.2) is 0 Å². The molecule has 0 radical (unpaired) electrons. The lowest BCUT2D eigenvalue weighted by Gasteiger charge is -2.16. The fourth-order valence-electron chi connectivity index (χ4n) is 1.53. The summed E-state index contributed by atoms with van der Waals surface area (Å²) >= 11 is 0. The monoisotopic (exact) mass is 257 g/mol. The van der Waals surface area contributed by atoms with E-state index in [-0.39, 0.29) is 11.1 Å². The second kappa shape index (κ2) is 6.87. The summed E-state index contributed by atoms with van der Waals surface area (Å²) in [5, 5.41) is 3.50. The molecule has 1 N–H and O–H groups in total. The minimum atomic E-state index is -0.788. The van der Waals surface area contributed by atoms with Gasteiger partial charge in [-0.05, 0) is 38.0 Å². The Labute approximate surface area is 105 Å². The van der Waals surface area contributed by atoms with Gasteiger partial charge in [-0.15, -0.1) is 0 Å². The van der Waals surface area contributed by atoms with E-state index in [1.807, 2.05) is 6.92 Å². The predicted molar refractivity (Wildman–Crippen MR) is 71.1 cm³/mol. The maximum atomic E-state index is 12.7. The molecule has 1 aromatic rings. The smallest absolute Gasteiger partial charge is 0.123 e. The highest BCUT2D eigenvalue weighted by atomic mass is 32.2. The lowest BCUT2D eigenvalue weighted by Crippen LogP contribution is -2.35. The van der Waals surface area contributed by atoms with Gasteiger partial charge in [-0.2, -0.15) is 0 Å². The van der Waals surface area contributed by atoms with Gasteiger partial charge in [0.1, 0.15) is 5.82 Å². The summed E-state index contributed by atoms with van der Waals surface area (Å²) in [4.78, 5) is 0. The van der Waals surface area contributed by atoms with Crippen molar-refractivity contribution in [2.75, 3.05) is 12.8 Å². The van der Waals surface area contributed by atoms with Crippen molar-refractivity contribution < 1.29 is 8.60 Å². The molecule has 1 rings (SSSR count). The Morgan fingerprint density at radius 1 is 1.29 bits per heavy atom. The van der Waals surface area contributed by atoms with E-state index in [0.717, 1.165) is 18.5 Å². The summed E-state index contributed by atoms with van der Waals surface area (Å²) < 4.78 is 23.9. The van der Waals surface area contributed by atoms with E-state index >= 15 is 0 Å². The lowest BCUT2D eigenvalue weighted by atomic mass is 10.1. The molecule has 3 unspecified atom stereocenters. The predicted octanol–water partition coefficient (Wildman–Crippen LogP) is 2.11. The van der Waals surface area contributed by atoms with Crippen LogP contribution in [0.5, 0.6) is 0 Å². The molecule has 0 bridgehead atoms. The van der Waals surface area contributed by atoms with Crippen molar-refractivity contribution >= 4 is 10.8 Å². The van der Waals surface area contributed by atoms with E-state index in [4.69, 9.17) is 0 Å². The quantitative estimate of drug-likeness (QED) is 0.845. The summed E-state index contributed by atoms with van der Waals surface area (Å²) in [5.74, 6) is -0.204. The Morgan fingerprint density at radius 2 is 1.88 bits per heavy atom. The molecule has 96 valence electrons. The number of hydrogen-bond acceptors (Lipinski definition) is 2. The summed E-state index contributed by atoms with van der Waals surface area (Å²) in [6.45, 7) is 4.79. The molecule has 0 spiro atoms. The van der Waals surface area contributed by atoms with E-state index in [2.05, 4.69) is 12.2 Å². The maximum absolute atomic E-state index is 12.7. The van der Waals surface area contributed by atoms with Crippen molar-refractivity contribution in [2.45, 2.75) is 31.6 Å². The van der Waals surface area contributed by atoms with Gasteiger partial charge in [-0.1, -0.05) is 12.1 Å². The van der Waals surface area contributed by atoms with Crippen LogP contribution in [0.1, 0.15) is 19.4 Å². The summed E-state index contributed by atoms with van der Waals surface area (Å²) in [6.07, 6.45) is 2.57. The van der Waals surface area contributed by atoms with Crippen molar-refractivity contribution in [1.82, 2.24) is 5.32 Å². The van der Waals surface area contributed by atoms with Gasteiger partial charge in [0, 0.05) is 34.9 Å². The average Bonchev–Trinajstić information content (AvgIpc) is 2.29. The molecule has 4 heteroatoms. The van der Waals surface area contributed by atoms with E-state index in [9.17, 15) is 8.60 Å². The lowest BCUT2D eigenvalue weighted by molar-refractivity contribution is 0.542. The minimum Gasteiger partial charge on any atom is -0.313 e. The molecule has 17 heavy (non-hydrogen) atoms. The molecule has 0 heterocycles. The Kier molecular flexibility index (Phi) is 5.78. The minimum absolute atomic E-state index is 0.158. The molecule has 1 aromatic carbocycles. The van der Waals surface area contributed by atoms with Crippen LogP contribution in [0.3, 0.4) is 0 Å². The molecule has 0 aliphatic heterocycles. The first-order valence-electron chi connectivity index (χ1n) is 5.79. The van der Waals surface area contributed by atoms with Crippen LogP contribution >= 0.6 is 0 Å². The van der Waals surface area contributed by atoms with Crippen LogP contribution in [0.25, 0.3) is 0 Å². The first-order chi connectivity index (χ1) is 7.99. The third-order valence-corrected chi connectivity index (χ3v) is 4.08. The van der Waals surface area contributed by atoms with Gasteiger partial charge in [0.05, 0.1) is 0 Å². The van der Waals surface area contributed by atoms with E-state index in [0.29, 0.717) is 6.04 Å². The van der Waals surface area contributed by atoms with Gasteiger partial charge >= 0.3 is 0 Å². The largest absolute Gasteiger partial charge is 0.313 e. The van der Waals surface area contributed by atoms with Crippen LogP contribution in [0.15, 0.2) is 24.3 Å². The molecular formula is C13H20FNOS. The molecule has 0 saturated heterocycles. The van der Waals surface area contributed by atoms with Crippen LogP contribution in [0.2, 0.25) is 0 Å². The first kappa shape index (κ1) is 14.3. The van der Waals surface area contributed by atoms with E-state index in [1.165, 1.54) is 12.1 Å². The zero-order chi connectivity index (χ0) is 12.8. The van der Waals surface area contributed by atoms with Crippen molar-refractivity contribution in [3.8, 4) is 0 Å². The number of rotatable bonds is 6. The second-order valence-electron chi connectivity index (χ2n) is 4.45. The number of halogens is 1. The molecule has 0 aliphatic carbocycles. The molecular weight excluding hydrogens is 237 g/mol. The zero-order valence-electron chi connectivity index (χ0n) is 10.6. The highest BCUT2D eigenvalue weighted by Crippen LogP contribution is 2.05. The van der Waals surface area contributed by atoms with Crippen LogP contribution in [-0.2, 0) is 17.2 Å². The number of nitrogens with one attached hydrogen (secondary N) is 1. The Hall–Kier alpha value is -0.740. The Morgan fingerprint density at radius 3 is 2.41 bits per heavy atom. The zero-order valence-corrected chi connectivity index (χ0v) is 11.4.